The maximum absolute atomic E-state index is 2.64. The molecule has 0 atom stereocenters. The van der Waals surface area contributed by atoms with Crippen LogP contribution in [0.3, 0.4) is 0 Å². The van der Waals surface area contributed by atoms with Gasteiger partial charge in [-0.3, -0.25) is 4.90 Å². The first-order valence-corrected chi connectivity index (χ1v) is 11.2. The third-order valence-corrected chi connectivity index (χ3v) is 6.07. The lowest BCUT2D eigenvalue weighted by Gasteiger charge is -2.24. The van der Waals surface area contributed by atoms with E-state index in [1.807, 2.05) is 0 Å². The van der Waals surface area contributed by atoms with Crippen molar-refractivity contribution in [3.05, 3.63) is 71.8 Å². The number of hydrogen-bond acceptors (Lipinski definition) is 3. The lowest BCUT2D eigenvalue weighted by Crippen LogP contribution is -2.30. The Labute approximate surface area is 163 Å². The summed E-state index contributed by atoms with van der Waals surface area (Å²) < 4.78 is 0. The molecule has 0 bridgehead atoms. The largest absolute Gasteiger partial charge is 0.303 e. The number of likely N-dealkylation sites (tertiary alicyclic amines) is 1. The first kappa shape index (κ1) is 19.5. The van der Waals surface area contributed by atoms with E-state index >= 15 is 0 Å². The van der Waals surface area contributed by atoms with Crippen molar-refractivity contribution in [2.45, 2.75) is 31.6 Å². The highest BCUT2D eigenvalue weighted by Gasteiger charge is 2.12. The summed E-state index contributed by atoms with van der Waals surface area (Å²) in [6.45, 7) is 7.34. The van der Waals surface area contributed by atoms with Crippen molar-refractivity contribution in [1.82, 2.24) is 9.80 Å². The average molecular weight is 369 g/mol. The summed E-state index contributed by atoms with van der Waals surface area (Å²) in [5.74, 6) is 2.32. The number of thioether (sulfide) groups is 1. The van der Waals surface area contributed by atoms with Gasteiger partial charge in [0.1, 0.15) is 0 Å². The Morgan fingerprint density at radius 1 is 0.808 bits per heavy atom. The third-order valence-electron chi connectivity index (χ3n) is 5.06. The monoisotopic (exact) mass is 368 g/mol. The normalized spacial score (nSPS) is 15.0. The van der Waals surface area contributed by atoms with E-state index < -0.39 is 0 Å². The van der Waals surface area contributed by atoms with Crippen LogP contribution in [0.4, 0.5) is 0 Å². The lowest BCUT2D eigenvalue weighted by atomic mass is 10.2. The zero-order valence-electron chi connectivity index (χ0n) is 15.9. The van der Waals surface area contributed by atoms with Gasteiger partial charge in [-0.1, -0.05) is 60.7 Å². The number of hydrogen-bond donors (Lipinski definition) is 0. The van der Waals surface area contributed by atoms with E-state index in [0.717, 1.165) is 12.3 Å². The molecule has 0 saturated carbocycles. The molecule has 0 radical (unpaired) electrons. The van der Waals surface area contributed by atoms with Crippen molar-refractivity contribution in [2.24, 2.45) is 0 Å². The standard InChI is InChI=1S/C23H32N2S/c1-3-10-22(11-4-1)20-25(17-9-16-24-14-7-8-15-24)18-19-26-21-23-12-5-2-6-13-23/h1-6,10-13H,7-9,14-21H2. The topological polar surface area (TPSA) is 6.48 Å². The second kappa shape index (κ2) is 11.4. The molecular formula is C23H32N2S. The van der Waals surface area contributed by atoms with Crippen LogP contribution in [-0.4, -0.2) is 48.3 Å². The Morgan fingerprint density at radius 3 is 2.15 bits per heavy atom. The van der Waals surface area contributed by atoms with E-state index in [-0.39, 0.29) is 0 Å². The van der Waals surface area contributed by atoms with Gasteiger partial charge in [-0.2, -0.15) is 11.8 Å². The quantitative estimate of drug-likeness (QED) is 0.521. The minimum atomic E-state index is 1.08. The molecule has 2 nitrogen and oxygen atoms in total. The highest BCUT2D eigenvalue weighted by atomic mass is 32.2. The molecular weight excluding hydrogens is 336 g/mol. The van der Waals surface area contributed by atoms with Gasteiger partial charge in [-0.25, -0.2) is 0 Å². The molecule has 1 heterocycles. The fourth-order valence-electron chi connectivity index (χ4n) is 3.59. The molecule has 26 heavy (non-hydrogen) atoms. The second-order valence-corrected chi connectivity index (χ2v) is 8.31. The predicted octanol–water partition coefficient (Wildman–Crippen LogP) is 4.91. The highest BCUT2D eigenvalue weighted by Crippen LogP contribution is 2.14. The third kappa shape index (κ3) is 7.14. The van der Waals surface area contributed by atoms with E-state index in [2.05, 4.69) is 82.2 Å². The molecule has 2 aromatic rings. The van der Waals surface area contributed by atoms with E-state index in [1.54, 1.807) is 0 Å². The summed E-state index contributed by atoms with van der Waals surface area (Å²) in [6, 6.07) is 21.7. The molecule has 140 valence electrons. The summed E-state index contributed by atoms with van der Waals surface area (Å²) in [4.78, 5) is 5.27. The summed E-state index contributed by atoms with van der Waals surface area (Å²) >= 11 is 2.05. The van der Waals surface area contributed by atoms with Crippen molar-refractivity contribution in [2.75, 3.05) is 38.5 Å². The van der Waals surface area contributed by atoms with Gasteiger partial charge in [0.15, 0.2) is 0 Å². The van der Waals surface area contributed by atoms with Crippen LogP contribution in [0.5, 0.6) is 0 Å². The second-order valence-electron chi connectivity index (χ2n) is 7.20. The van der Waals surface area contributed by atoms with Crippen molar-refractivity contribution >= 4 is 11.8 Å². The summed E-state index contributed by atoms with van der Waals surface area (Å²) in [7, 11) is 0. The summed E-state index contributed by atoms with van der Waals surface area (Å²) in [5.41, 5.74) is 2.86. The minimum absolute atomic E-state index is 1.08. The summed E-state index contributed by atoms with van der Waals surface area (Å²) in [6.07, 6.45) is 4.07. The van der Waals surface area contributed by atoms with Gasteiger partial charge in [-0.15, -0.1) is 0 Å². The zero-order valence-corrected chi connectivity index (χ0v) is 16.7. The molecule has 0 spiro atoms. The van der Waals surface area contributed by atoms with Crippen molar-refractivity contribution in [1.29, 1.82) is 0 Å². The Balaban J connectivity index is 1.42. The van der Waals surface area contributed by atoms with Crippen LogP contribution in [0, 0.1) is 0 Å². The Bertz CT molecular complexity index is 596. The van der Waals surface area contributed by atoms with Gasteiger partial charge in [-0.05, 0) is 56.6 Å². The van der Waals surface area contributed by atoms with Crippen molar-refractivity contribution in [3.63, 3.8) is 0 Å². The maximum Gasteiger partial charge on any atom is 0.0234 e. The summed E-state index contributed by atoms with van der Waals surface area (Å²) in [5, 5.41) is 0. The van der Waals surface area contributed by atoms with Crippen molar-refractivity contribution in [3.8, 4) is 0 Å². The van der Waals surface area contributed by atoms with Crippen LogP contribution >= 0.6 is 11.8 Å². The van der Waals surface area contributed by atoms with Crippen LogP contribution in [0.1, 0.15) is 30.4 Å². The van der Waals surface area contributed by atoms with Crippen LogP contribution in [0.2, 0.25) is 0 Å². The van der Waals surface area contributed by atoms with E-state index in [4.69, 9.17) is 0 Å². The molecule has 0 N–H and O–H groups in total. The van der Waals surface area contributed by atoms with Crippen LogP contribution in [-0.2, 0) is 12.3 Å². The van der Waals surface area contributed by atoms with Crippen LogP contribution in [0.15, 0.2) is 60.7 Å². The molecule has 2 aromatic carbocycles. The van der Waals surface area contributed by atoms with Gasteiger partial charge < -0.3 is 4.90 Å². The molecule has 0 amide bonds. The molecule has 1 saturated heterocycles. The molecule has 1 aliphatic rings. The molecule has 0 unspecified atom stereocenters. The van der Waals surface area contributed by atoms with E-state index in [1.165, 1.54) is 68.9 Å². The number of nitrogens with zero attached hydrogens (tertiary/aromatic N) is 2. The molecule has 3 heteroatoms. The smallest absolute Gasteiger partial charge is 0.0234 e. The van der Waals surface area contributed by atoms with Gasteiger partial charge in [0.2, 0.25) is 0 Å². The average Bonchev–Trinajstić information content (AvgIpc) is 3.20. The molecule has 3 rings (SSSR count). The van der Waals surface area contributed by atoms with Gasteiger partial charge >= 0.3 is 0 Å². The molecule has 1 aliphatic heterocycles. The van der Waals surface area contributed by atoms with Gasteiger partial charge in [0, 0.05) is 24.6 Å². The minimum Gasteiger partial charge on any atom is -0.303 e. The number of rotatable bonds is 11. The first-order valence-electron chi connectivity index (χ1n) is 10.0. The van der Waals surface area contributed by atoms with Crippen LogP contribution in [0.25, 0.3) is 0 Å². The van der Waals surface area contributed by atoms with Gasteiger partial charge in [0.05, 0.1) is 0 Å². The first-order chi connectivity index (χ1) is 12.9. The van der Waals surface area contributed by atoms with Crippen molar-refractivity contribution < 1.29 is 0 Å². The molecule has 1 fully saturated rings. The highest BCUT2D eigenvalue weighted by molar-refractivity contribution is 7.98. The number of benzene rings is 2. The Hall–Kier alpha value is -1.29. The fraction of sp³-hybridized carbons (Fsp3) is 0.478. The Morgan fingerprint density at radius 2 is 1.46 bits per heavy atom. The van der Waals surface area contributed by atoms with Crippen LogP contribution < -0.4 is 0 Å². The molecule has 0 aromatic heterocycles. The SMILES string of the molecule is c1ccc(CSCCN(CCCN2CCCC2)Cc2ccccc2)cc1. The maximum atomic E-state index is 2.64. The van der Waals surface area contributed by atoms with E-state index in [0.29, 0.717) is 0 Å². The predicted molar refractivity (Wildman–Crippen MR) is 115 cm³/mol. The lowest BCUT2D eigenvalue weighted by molar-refractivity contribution is 0.249. The zero-order chi connectivity index (χ0) is 17.9. The molecule has 0 aliphatic carbocycles. The Kier molecular flexibility index (Phi) is 8.56. The fourth-order valence-corrected chi connectivity index (χ4v) is 4.55. The van der Waals surface area contributed by atoms with E-state index in [9.17, 15) is 0 Å². The van der Waals surface area contributed by atoms with Gasteiger partial charge in [0.25, 0.3) is 0 Å².